The van der Waals surface area contributed by atoms with Crippen LogP contribution in [-0.4, -0.2) is 72.0 Å². The number of halogens is 1. The number of carbonyl (C=O) groups excluding carboxylic acids is 2. The van der Waals surface area contributed by atoms with Crippen molar-refractivity contribution in [3.8, 4) is 0 Å². The summed E-state index contributed by atoms with van der Waals surface area (Å²) in [4.78, 5) is 38.1. The molecule has 0 aromatic carbocycles. The monoisotopic (exact) mass is 361 g/mol. The lowest BCUT2D eigenvalue weighted by Crippen LogP contribution is -2.51. The van der Waals surface area contributed by atoms with Crippen molar-refractivity contribution in [3.05, 3.63) is 0 Å². The topological polar surface area (TPSA) is 89.9 Å². The molecule has 0 aromatic rings. The smallest absolute Gasteiger partial charge is 0.322 e. The van der Waals surface area contributed by atoms with Crippen molar-refractivity contribution in [2.24, 2.45) is 5.92 Å². The Bertz CT molecular complexity index is 433. The minimum atomic E-state index is -1.05. The second-order valence-electron chi connectivity index (χ2n) is 6.52. The van der Waals surface area contributed by atoms with Crippen molar-refractivity contribution >= 4 is 30.2 Å². The zero-order chi connectivity index (χ0) is 16.7. The van der Waals surface area contributed by atoms with Crippen LogP contribution in [0.3, 0.4) is 0 Å². The standard InChI is InChI=1S/C16H27N3O4.ClH/c20-14(17-11-16(22)23)12-18-7-9-19(10-8-18)15(21)6-5-13-3-1-2-4-13;/h13H,1-12H2,(H,17,20)(H,22,23);1H. The van der Waals surface area contributed by atoms with Gasteiger partial charge in [0.1, 0.15) is 6.54 Å². The van der Waals surface area contributed by atoms with Gasteiger partial charge in [-0.15, -0.1) is 12.4 Å². The molecule has 0 spiro atoms. The van der Waals surface area contributed by atoms with E-state index < -0.39 is 5.97 Å². The van der Waals surface area contributed by atoms with E-state index in [0.29, 0.717) is 32.6 Å². The van der Waals surface area contributed by atoms with Gasteiger partial charge in [0.2, 0.25) is 11.8 Å². The van der Waals surface area contributed by atoms with Crippen molar-refractivity contribution < 1.29 is 19.5 Å². The van der Waals surface area contributed by atoms with Gasteiger partial charge in [0.15, 0.2) is 0 Å². The quantitative estimate of drug-likeness (QED) is 0.697. The van der Waals surface area contributed by atoms with Crippen LogP contribution < -0.4 is 5.32 Å². The summed E-state index contributed by atoms with van der Waals surface area (Å²) in [5.74, 6) is -0.366. The zero-order valence-electron chi connectivity index (χ0n) is 14.0. The van der Waals surface area contributed by atoms with E-state index in [4.69, 9.17) is 5.11 Å². The molecular formula is C16H28ClN3O4. The number of piperazine rings is 1. The predicted molar refractivity (Wildman–Crippen MR) is 92.1 cm³/mol. The third kappa shape index (κ3) is 7.05. The van der Waals surface area contributed by atoms with Crippen molar-refractivity contribution in [3.63, 3.8) is 0 Å². The second-order valence-corrected chi connectivity index (χ2v) is 6.52. The normalized spacial score (nSPS) is 18.9. The highest BCUT2D eigenvalue weighted by molar-refractivity contribution is 5.85. The molecule has 1 heterocycles. The second kappa shape index (κ2) is 10.5. The average Bonchev–Trinajstić information content (AvgIpc) is 3.05. The number of carboxylic acid groups (broad SMARTS) is 1. The Morgan fingerprint density at radius 2 is 1.67 bits per heavy atom. The van der Waals surface area contributed by atoms with Crippen molar-refractivity contribution in [1.82, 2.24) is 15.1 Å². The van der Waals surface area contributed by atoms with E-state index in [1.165, 1.54) is 25.7 Å². The molecule has 2 aliphatic rings. The van der Waals surface area contributed by atoms with E-state index in [1.807, 2.05) is 9.80 Å². The summed E-state index contributed by atoms with van der Waals surface area (Å²) < 4.78 is 0. The average molecular weight is 362 g/mol. The summed E-state index contributed by atoms with van der Waals surface area (Å²) in [5, 5.41) is 10.9. The Morgan fingerprint density at radius 1 is 1.04 bits per heavy atom. The SMILES string of the molecule is Cl.O=C(O)CNC(=O)CN1CCN(C(=O)CCC2CCCC2)CC1. The van der Waals surface area contributed by atoms with E-state index in [9.17, 15) is 14.4 Å². The molecule has 0 radical (unpaired) electrons. The summed E-state index contributed by atoms with van der Waals surface area (Å²) in [6, 6.07) is 0. The molecule has 2 fully saturated rings. The fourth-order valence-corrected chi connectivity index (χ4v) is 3.37. The van der Waals surface area contributed by atoms with Gasteiger partial charge < -0.3 is 15.3 Å². The molecule has 2 amide bonds. The first kappa shape index (κ1) is 20.7. The number of carbonyl (C=O) groups is 3. The van der Waals surface area contributed by atoms with Crippen LogP contribution in [0.15, 0.2) is 0 Å². The molecule has 1 saturated heterocycles. The van der Waals surface area contributed by atoms with Crippen molar-refractivity contribution in [2.75, 3.05) is 39.3 Å². The number of carboxylic acids is 1. The molecule has 1 aliphatic carbocycles. The fraction of sp³-hybridized carbons (Fsp3) is 0.812. The zero-order valence-corrected chi connectivity index (χ0v) is 14.9. The van der Waals surface area contributed by atoms with Crippen LogP contribution in [0.25, 0.3) is 0 Å². The molecule has 0 atom stereocenters. The van der Waals surface area contributed by atoms with Gasteiger partial charge in [0, 0.05) is 32.6 Å². The largest absolute Gasteiger partial charge is 0.480 e. The summed E-state index contributed by atoms with van der Waals surface area (Å²) in [5.41, 5.74) is 0. The highest BCUT2D eigenvalue weighted by atomic mass is 35.5. The molecule has 2 N–H and O–H groups in total. The molecule has 7 nitrogen and oxygen atoms in total. The van der Waals surface area contributed by atoms with Gasteiger partial charge in [-0.1, -0.05) is 25.7 Å². The molecule has 2 rings (SSSR count). The van der Waals surface area contributed by atoms with Gasteiger partial charge >= 0.3 is 5.97 Å². The molecule has 0 unspecified atom stereocenters. The van der Waals surface area contributed by atoms with E-state index in [-0.39, 0.29) is 37.3 Å². The lowest BCUT2D eigenvalue weighted by Gasteiger charge is -2.34. The highest BCUT2D eigenvalue weighted by Gasteiger charge is 2.23. The summed E-state index contributed by atoms with van der Waals surface area (Å²) in [6.07, 6.45) is 6.81. The predicted octanol–water partition coefficient (Wildman–Crippen LogP) is 0.724. The molecule has 0 aromatic heterocycles. The number of rotatable bonds is 7. The minimum absolute atomic E-state index is 0. The number of hydrogen-bond donors (Lipinski definition) is 2. The van der Waals surface area contributed by atoms with Crippen molar-refractivity contribution in [2.45, 2.75) is 38.5 Å². The Labute approximate surface area is 149 Å². The molecule has 1 saturated carbocycles. The molecule has 8 heteroatoms. The van der Waals surface area contributed by atoms with Gasteiger partial charge in [-0.25, -0.2) is 0 Å². The Balaban J connectivity index is 0.00000288. The summed E-state index contributed by atoms with van der Waals surface area (Å²) in [7, 11) is 0. The molecular weight excluding hydrogens is 334 g/mol. The first-order valence-corrected chi connectivity index (χ1v) is 8.53. The van der Waals surface area contributed by atoms with Gasteiger partial charge in [-0.05, 0) is 12.3 Å². The third-order valence-corrected chi connectivity index (χ3v) is 4.77. The maximum absolute atomic E-state index is 12.2. The van der Waals surface area contributed by atoms with Crippen LogP contribution >= 0.6 is 12.4 Å². The number of hydrogen-bond acceptors (Lipinski definition) is 4. The lowest BCUT2D eigenvalue weighted by molar-refractivity contribution is -0.138. The van der Waals surface area contributed by atoms with E-state index in [1.54, 1.807) is 0 Å². The van der Waals surface area contributed by atoms with Crippen LogP contribution in [0.1, 0.15) is 38.5 Å². The van der Waals surface area contributed by atoms with Gasteiger partial charge in [-0.3, -0.25) is 19.3 Å². The Kier molecular flexibility index (Phi) is 9.07. The lowest BCUT2D eigenvalue weighted by atomic mass is 10.0. The Hall–Kier alpha value is -1.34. The fourth-order valence-electron chi connectivity index (χ4n) is 3.37. The maximum atomic E-state index is 12.2. The van der Waals surface area contributed by atoms with Crippen LogP contribution in [0.4, 0.5) is 0 Å². The van der Waals surface area contributed by atoms with E-state index in [2.05, 4.69) is 5.32 Å². The molecule has 24 heavy (non-hydrogen) atoms. The summed E-state index contributed by atoms with van der Waals surface area (Å²) >= 11 is 0. The first-order chi connectivity index (χ1) is 11.0. The number of nitrogens with one attached hydrogen (secondary N) is 1. The number of nitrogens with zero attached hydrogens (tertiary/aromatic N) is 2. The van der Waals surface area contributed by atoms with Crippen LogP contribution in [0.5, 0.6) is 0 Å². The summed E-state index contributed by atoms with van der Waals surface area (Å²) in [6.45, 7) is 2.46. The van der Waals surface area contributed by atoms with Crippen LogP contribution in [0.2, 0.25) is 0 Å². The Morgan fingerprint density at radius 3 is 2.25 bits per heavy atom. The van der Waals surface area contributed by atoms with Crippen molar-refractivity contribution in [1.29, 1.82) is 0 Å². The molecule has 0 bridgehead atoms. The molecule has 1 aliphatic heterocycles. The van der Waals surface area contributed by atoms with Crippen LogP contribution in [0, 0.1) is 5.92 Å². The van der Waals surface area contributed by atoms with Gasteiger partial charge in [0.25, 0.3) is 0 Å². The first-order valence-electron chi connectivity index (χ1n) is 8.53. The number of aliphatic carboxylic acids is 1. The number of amides is 2. The van der Waals surface area contributed by atoms with Gasteiger partial charge in [-0.2, -0.15) is 0 Å². The van der Waals surface area contributed by atoms with Gasteiger partial charge in [0.05, 0.1) is 6.54 Å². The molecule has 138 valence electrons. The van der Waals surface area contributed by atoms with E-state index >= 15 is 0 Å². The highest BCUT2D eigenvalue weighted by Crippen LogP contribution is 2.28. The van der Waals surface area contributed by atoms with E-state index in [0.717, 1.165) is 12.3 Å². The van der Waals surface area contributed by atoms with Crippen LogP contribution in [-0.2, 0) is 14.4 Å². The third-order valence-electron chi connectivity index (χ3n) is 4.77. The minimum Gasteiger partial charge on any atom is -0.480 e. The maximum Gasteiger partial charge on any atom is 0.322 e.